The van der Waals surface area contributed by atoms with Gasteiger partial charge in [0, 0.05) is 22.2 Å². The summed E-state index contributed by atoms with van der Waals surface area (Å²) in [7, 11) is 0. The van der Waals surface area contributed by atoms with Gasteiger partial charge >= 0.3 is 0 Å². The lowest BCUT2D eigenvalue weighted by Crippen LogP contribution is -2.60. The third kappa shape index (κ3) is 6.15. The van der Waals surface area contributed by atoms with E-state index in [1.165, 1.54) is 11.8 Å². The molecule has 0 aliphatic carbocycles. The fraction of sp³-hybridized carbons (Fsp3) is 0.259. The van der Waals surface area contributed by atoms with E-state index in [1.54, 1.807) is 18.2 Å². The van der Waals surface area contributed by atoms with Crippen LogP contribution in [0.1, 0.15) is 17.4 Å². The summed E-state index contributed by atoms with van der Waals surface area (Å²) in [5.41, 5.74) is -0.363. The second-order valence-corrected chi connectivity index (χ2v) is 10.9. The van der Waals surface area contributed by atoms with Crippen molar-refractivity contribution in [1.82, 2.24) is 0 Å². The molecule has 40 heavy (non-hydrogen) atoms. The number of aliphatic hydroxyl groups excluding tert-OH is 1. The molecule has 0 amide bonds. The molecular formula is C27H22Cl2F3N3O4S. The number of halogens is 5. The number of nitrogens with two attached hydrogens (primary N) is 1. The summed E-state index contributed by atoms with van der Waals surface area (Å²) >= 11 is 13.4. The van der Waals surface area contributed by atoms with Crippen LogP contribution < -0.4 is 5.84 Å². The largest absolute Gasteiger partial charge is 0.387 e. The van der Waals surface area contributed by atoms with Crippen molar-refractivity contribution in [2.45, 2.75) is 41.0 Å². The van der Waals surface area contributed by atoms with E-state index in [2.05, 4.69) is 10.1 Å². The Morgan fingerprint density at radius 2 is 1.73 bits per heavy atom. The van der Waals surface area contributed by atoms with Crippen molar-refractivity contribution in [2.75, 3.05) is 6.61 Å². The number of hydrogen-bond donors (Lipinski definition) is 2. The van der Waals surface area contributed by atoms with Crippen LogP contribution in [0, 0.1) is 17.5 Å². The number of hydrogen-bond acceptors (Lipinski definition) is 8. The monoisotopic (exact) mass is 611 g/mol. The summed E-state index contributed by atoms with van der Waals surface area (Å²) < 4.78 is 59.5. The molecule has 2 heterocycles. The molecule has 210 valence electrons. The average Bonchev–Trinajstić information content (AvgIpc) is 2.95. The summed E-state index contributed by atoms with van der Waals surface area (Å²) in [5.74, 6) is 1.03. The second-order valence-electron chi connectivity index (χ2n) is 8.94. The maximum absolute atomic E-state index is 13.9. The van der Waals surface area contributed by atoms with E-state index in [4.69, 9.17) is 43.3 Å². The van der Waals surface area contributed by atoms with E-state index < -0.39 is 53.5 Å². The lowest BCUT2D eigenvalue weighted by Gasteiger charge is -2.46. The van der Waals surface area contributed by atoms with Crippen LogP contribution in [0.2, 0.25) is 10.0 Å². The Kier molecular flexibility index (Phi) is 9.01. The highest BCUT2D eigenvalue weighted by atomic mass is 35.5. The predicted molar refractivity (Wildman–Crippen MR) is 146 cm³/mol. The molecule has 0 bridgehead atoms. The third-order valence-corrected chi connectivity index (χ3v) is 8.22. The van der Waals surface area contributed by atoms with Gasteiger partial charge in [-0.15, -0.1) is 0 Å². The molecule has 0 spiro atoms. The molecule has 0 radical (unpaired) electrons. The van der Waals surface area contributed by atoms with Gasteiger partial charge in [-0.05, 0) is 30.3 Å². The van der Waals surface area contributed by atoms with Crippen LogP contribution in [0.15, 0.2) is 75.7 Å². The minimum Gasteiger partial charge on any atom is -0.387 e. The average molecular weight is 612 g/mol. The van der Waals surface area contributed by atoms with Crippen molar-refractivity contribution in [3.05, 3.63) is 99.3 Å². The minimum absolute atomic E-state index is 0.133. The molecule has 6 atom stereocenters. The zero-order valence-electron chi connectivity index (χ0n) is 20.5. The first-order valence-corrected chi connectivity index (χ1v) is 13.6. The highest BCUT2D eigenvalue weighted by Gasteiger charge is 2.49. The first-order chi connectivity index (χ1) is 19.2. The number of rotatable bonds is 6. The van der Waals surface area contributed by atoms with E-state index in [-0.39, 0.29) is 17.9 Å². The number of nitrogens with zero attached hydrogens (tertiary/aromatic N) is 2. The summed E-state index contributed by atoms with van der Waals surface area (Å²) in [5, 5.41) is 15.7. The van der Waals surface area contributed by atoms with Gasteiger partial charge in [-0.25, -0.2) is 13.2 Å². The van der Waals surface area contributed by atoms with Gasteiger partial charge in [0.2, 0.25) is 0 Å². The van der Waals surface area contributed by atoms with Crippen LogP contribution in [0.25, 0.3) is 0 Å². The minimum atomic E-state index is -1.62. The molecule has 4 unspecified atom stereocenters. The van der Waals surface area contributed by atoms with Gasteiger partial charge in [-0.1, -0.05) is 65.3 Å². The van der Waals surface area contributed by atoms with Crippen molar-refractivity contribution in [2.24, 2.45) is 15.9 Å². The number of fused-ring (bicyclic) bond motifs is 1. The molecular weight excluding hydrogens is 590 g/mol. The summed E-state index contributed by atoms with van der Waals surface area (Å²) in [6.07, 6.45) is -2.24. The number of ether oxygens (including phenoxy) is 3. The molecule has 2 fully saturated rings. The van der Waals surface area contributed by atoms with Crippen LogP contribution in [-0.4, -0.2) is 53.4 Å². The van der Waals surface area contributed by atoms with E-state index in [9.17, 15) is 18.3 Å². The molecule has 13 heteroatoms. The van der Waals surface area contributed by atoms with Gasteiger partial charge in [0.1, 0.15) is 35.5 Å². The normalized spacial score (nSPS) is 27.1. The van der Waals surface area contributed by atoms with Crippen LogP contribution in [-0.2, 0) is 14.2 Å². The van der Waals surface area contributed by atoms with E-state index >= 15 is 0 Å². The topological polar surface area (TPSA) is 98.7 Å². The van der Waals surface area contributed by atoms with Crippen molar-refractivity contribution in [3.8, 4) is 0 Å². The third-order valence-electron chi connectivity index (χ3n) is 6.34. The van der Waals surface area contributed by atoms with Crippen LogP contribution in [0.5, 0.6) is 0 Å². The summed E-state index contributed by atoms with van der Waals surface area (Å²) in [6, 6.07) is 14.8. The van der Waals surface area contributed by atoms with Gasteiger partial charge in [0.15, 0.2) is 23.7 Å². The Hall–Kier alpha value is -2.64. The number of benzene rings is 3. The smallest absolute Gasteiger partial charge is 0.194 e. The van der Waals surface area contributed by atoms with Crippen LogP contribution >= 0.6 is 35.0 Å². The standard InChI is InChI=1S/C27H22Cl2F3N3O4S/c28-16-7-6-15(10-17(16)29)40-27-24(36)23(34-11-20(35-33)14-8-18(30)22(32)19(31)9-14)25-21(38-27)12-37-26(39-25)13-4-2-1-3-5-13/h1-11,21,23-27,36H,12,33H2/b34-11?,35-20+/t21?,23?,24?,25-,26?,27+/m0/s1. The molecule has 5 rings (SSSR count). The molecule has 2 aliphatic rings. The zero-order chi connectivity index (χ0) is 28.4. The number of hydrazone groups is 1. The van der Waals surface area contributed by atoms with Crippen molar-refractivity contribution < 1.29 is 32.5 Å². The summed E-state index contributed by atoms with van der Waals surface area (Å²) in [6.45, 7) is 0.133. The molecule has 0 aromatic heterocycles. The first kappa shape index (κ1) is 28.9. The second kappa shape index (κ2) is 12.5. The molecule has 3 aromatic carbocycles. The van der Waals surface area contributed by atoms with Gasteiger partial charge < -0.3 is 25.2 Å². The number of aliphatic imine (C=N–C) groups is 1. The molecule has 3 aromatic rings. The van der Waals surface area contributed by atoms with Gasteiger partial charge in [-0.2, -0.15) is 5.10 Å². The Bertz CT molecular complexity index is 1410. The van der Waals surface area contributed by atoms with Crippen molar-refractivity contribution in [3.63, 3.8) is 0 Å². The number of aliphatic hydroxyl groups is 1. The molecule has 7 nitrogen and oxygen atoms in total. The van der Waals surface area contributed by atoms with Gasteiger partial charge in [-0.3, -0.25) is 4.99 Å². The van der Waals surface area contributed by atoms with E-state index in [1.807, 2.05) is 30.3 Å². The Labute approximate surface area is 241 Å². The molecule has 3 N–H and O–H groups in total. The fourth-order valence-electron chi connectivity index (χ4n) is 4.35. The van der Waals surface area contributed by atoms with Gasteiger partial charge in [0.05, 0.1) is 16.7 Å². The maximum Gasteiger partial charge on any atom is 0.194 e. The zero-order valence-corrected chi connectivity index (χ0v) is 22.8. The maximum atomic E-state index is 13.9. The highest BCUT2D eigenvalue weighted by Crippen LogP contribution is 2.41. The lowest BCUT2D eigenvalue weighted by molar-refractivity contribution is -0.296. The Balaban J connectivity index is 1.45. The molecule has 0 saturated carbocycles. The van der Waals surface area contributed by atoms with Crippen molar-refractivity contribution in [1.29, 1.82) is 0 Å². The predicted octanol–water partition coefficient (Wildman–Crippen LogP) is 5.51. The quantitative estimate of drug-likeness (QED) is 0.165. The number of thioether (sulfide) groups is 1. The fourth-order valence-corrected chi connectivity index (χ4v) is 5.82. The van der Waals surface area contributed by atoms with Crippen LogP contribution in [0.3, 0.4) is 0 Å². The lowest BCUT2D eigenvalue weighted by atomic mass is 9.96. The Morgan fingerprint density at radius 1 is 1.00 bits per heavy atom. The molecule has 2 saturated heterocycles. The SMILES string of the molecule is N/N=C(\C=NC1C(O)[C@@H](Sc2ccc(Cl)c(Cl)c2)OC2COC(c3ccccc3)O[C@@H]21)c1cc(F)c(F)c(F)c1. The molecule has 2 aliphatic heterocycles. The van der Waals surface area contributed by atoms with E-state index in [0.29, 0.717) is 14.9 Å². The first-order valence-electron chi connectivity index (χ1n) is 12.0. The summed E-state index contributed by atoms with van der Waals surface area (Å²) in [4.78, 5) is 5.17. The Morgan fingerprint density at radius 3 is 2.40 bits per heavy atom. The highest BCUT2D eigenvalue weighted by molar-refractivity contribution is 7.99. The van der Waals surface area contributed by atoms with Crippen LogP contribution in [0.4, 0.5) is 13.2 Å². The van der Waals surface area contributed by atoms with Crippen molar-refractivity contribution >= 4 is 46.9 Å². The van der Waals surface area contributed by atoms with E-state index in [0.717, 1.165) is 23.9 Å². The van der Waals surface area contributed by atoms with Gasteiger partial charge in [0.25, 0.3) is 0 Å².